The van der Waals surface area contributed by atoms with Crippen molar-refractivity contribution in [3.8, 4) is 0 Å². The van der Waals surface area contributed by atoms with E-state index in [4.69, 9.17) is 0 Å². The van der Waals surface area contributed by atoms with Crippen LogP contribution in [0.15, 0.2) is 42.6 Å². The number of Topliss-reactive ketones (excluding diaryl/α,β-unsaturated/α-hetero) is 1. The summed E-state index contributed by atoms with van der Waals surface area (Å²) in [7, 11) is 0. The van der Waals surface area contributed by atoms with Gasteiger partial charge in [-0.1, -0.05) is 6.07 Å². The van der Waals surface area contributed by atoms with Crippen molar-refractivity contribution in [1.82, 2.24) is 4.98 Å². The van der Waals surface area contributed by atoms with Crippen molar-refractivity contribution in [3.05, 3.63) is 53.9 Å². The largest absolute Gasteiger partial charge is 0.366 e. The molecule has 21 heavy (non-hydrogen) atoms. The first-order chi connectivity index (χ1) is 10.2. The smallest absolute Gasteiger partial charge is 0.296 e. The molecule has 0 unspecified atom stereocenters. The van der Waals surface area contributed by atoms with Crippen LogP contribution in [0.5, 0.6) is 0 Å². The number of carbonyl (C=O) groups excluding carboxylic acids is 2. The van der Waals surface area contributed by atoms with Crippen molar-refractivity contribution in [2.24, 2.45) is 0 Å². The first-order valence-corrected chi connectivity index (χ1v) is 6.83. The van der Waals surface area contributed by atoms with Gasteiger partial charge in [0, 0.05) is 18.4 Å². The molecule has 0 atom stereocenters. The van der Waals surface area contributed by atoms with Gasteiger partial charge < -0.3 is 10.2 Å². The Balaban J connectivity index is 1.87. The average Bonchev–Trinajstić information content (AvgIpc) is 2.80. The van der Waals surface area contributed by atoms with Crippen LogP contribution in [0.25, 0.3) is 0 Å². The van der Waals surface area contributed by atoms with Crippen LogP contribution in [-0.2, 0) is 11.3 Å². The number of fused-ring (bicyclic) bond motifs is 1. The van der Waals surface area contributed by atoms with Crippen LogP contribution in [0.3, 0.4) is 0 Å². The molecule has 0 bridgehead atoms. The third-order valence-electron chi connectivity index (χ3n) is 3.53. The second-order valence-corrected chi connectivity index (χ2v) is 4.85. The zero-order valence-electron chi connectivity index (χ0n) is 11.7. The van der Waals surface area contributed by atoms with Crippen molar-refractivity contribution in [2.45, 2.75) is 13.5 Å². The highest BCUT2D eigenvalue weighted by Gasteiger charge is 2.28. The van der Waals surface area contributed by atoms with E-state index in [-0.39, 0.29) is 0 Å². The van der Waals surface area contributed by atoms with Gasteiger partial charge in [0.25, 0.3) is 11.7 Å². The number of hydrogen-bond donors (Lipinski definition) is 1. The molecule has 5 heteroatoms. The standard InChI is InChI=1S/C16H15N3O2/c1-2-19(10-11-5-3-4-8-17-11)12-6-7-13-14(9-12)18-16(21)15(13)20/h3-9H,2,10H2,1H3,(H,18,20,21). The lowest BCUT2D eigenvalue weighted by Crippen LogP contribution is -2.22. The Hall–Kier alpha value is -2.69. The van der Waals surface area contributed by atoms with Gasteiger partial charge in [0.1, 0.15) is 0 Å². The highest BCUT2D eigenvalue weighted by atomic mass is 16.2. The van der Waals surface area contributed by atoms with Crippen molar-refractivity contribution in [1.29, 1.82) is 0 Å². The zero-order chi connectivity index (χ0) is 14.8. The van der Waals surface area contributed by atoms with E-state index in [0.717, 1.165) is 17.9 Å². The topological polar surface area (TPSA) is 62.3 Å². The van der Waals surface area contributed by atoms with Crippen LogP contribution in [0, 0.1) is 0 Å². The van der Waals surface area contributed by atoms with Gasteiger partial charge in [-0.2, -0.15) is 0 Å². The highest BCUT2D eigenvalue weighted by Crippen LogP contribution is 2.28. The molecular formula is C16H15N3O2. The summed E-state index contributed by atoms with van der Waals surface area (Å²) in [5, 5.41) is 2.60. The first kappa shape index (κ1) is 13.3. The lowest BCUT2D eigenvalue weighted by molar-refractivity contribution is -0.112. The highest BCUT2D eigenvalue weighted by molar-refractivity contribution is 6.51. The van der Waals surface area contributed by atoms with E-state index in [0.29, 0.717) is 17.8 Å². The van der Waals surface area contributed by atoms with Crippen molar-refractivity contribution >= 4 is 23.1 Å². The molecule has 0 fully saturated rings. The number of benzene rings is 1. The Morgan fingerprint density at radius 2 is 2.05 bits per heavy atom. The number of carbonyl (C=O) groups is 2. The molecule has 1 aromatic heterocycles. The van der Waals surface area contributed by atoms with E-state index in [1.54, 1.807) is 12.3 Å². The minimum Gasteiger partial charge on any atom is -0.366 e. The normalized spacial score (nSPS) is 13.0. The monoisotopic (exact) mass is 281 g/mol. The molecule has 1 aromatic carbocycles. The molecule has 0 spiro atoms. The van der Waals surface area contributed by atoms with Crippen LogP contribution in [0.1, 0.15) is 23.0 Å². The van der Waals surface area contributed by atoms with Gasteiger partial charge in [-0.3, -0.25) is 14.6 Å². The van der Waals surface area contributed by atoms with Crippen LogP contribution >= 0.6 is 0 Å². The molecule has 3 rings (SSSR count). The van der Waals surface area contributed by atoms with Gasteiger partial charge in [0.2, 0.25) is 0 Å². The van der Waals surface area contributed by atoms with E-state index >= 15 is 0 Å². The van der Waals surface area contributed by atoms with Gasteiger partial charge in [-0.05, 0) is 37.3 Å². The van der Waals surface area contributed by atoms with Crippen LogP contribution in [-0.4, -0.2) is 23.2 Å². The van der Waals surface area contributed by atoms with Crippen molar-refractivity contribution < 1.29 is 9.59 Å². The Bertz CT molecular complexity index is 698. The molecule has 0 saturated heterocycles. The van der Waals surface area contributed by atoms with Crippen LogP contribution < -0.4 is 10.2 Å². The molecule has 1 aliphatic rings. The Morgan fingerprint density at radius 3 is 2.76 bits per heavy atom. The van der Waals surface area contributed by atoms with E-state index in [9.17, 15) is 9.59 Å². The molecular weight excluding hydrogens is 266 g/mol. The number of nitrogens with zero attached hydrogens (tertiary/aromatic N) is 2. The second kappa shape index (κ2) is 5.36. The Labute approximate surface area is 122 Å². The number of amides is 1. The number of ketones is 1. The molecule has 1 N–H and O–H groups in total. The number of pyridine rings is 1. The second-order valence-electron chi connectivity index (χ2n) is 4.85. The summed E-state index contributed by atoms with van der Waals surface area (Å²) >= 11 is 0. The summed E-state index contributed by atoms with van der Waals surface area (Å²) in [6.07, 6.45) is 1.77. The number of nitrogens with one attached hydrogen (secondary N) is 1. The molecule has 5 nitrogen and oxygen atoms in total. The lowest BCUT2D eigenvalue weighted by Gasteiger charge is -2.23. The van der Waals surface area contributed by atoms with Gasteiger partial charge in [0.05, 0.1) is 23.5 Å². The Kier molecular flexibility index (Phi) is 3.39. The van der Waals surface area contributed by atoms with E-state index in [1.165, 1.54) is 0 Å². The molecule has 1 aliphatic heterocycles. The van der Waals surface area contributed by atoms with Gasteiger partial charge in [-0.15, -0.1) is 0 Å². The maximum absolute atomic E-state index is 11.6. The van der Waals surface area contributed by atoms with Crippen molar-refractivity contribution in [2.75, 3.05) is 16.8 Å². The predicted octanol–water partition coefficient (Wildman–Crippen LogP) is 2.24. The first-order valence-electron chi connectivity index (χ1n) is 6.83. The number of aromatic nitrogens is 1. The van der Waals surface area contributed by atoms with Gasteiger partial charge >= 0.3 is 0 Å². The minimum atomic E-state index is -0.560. The SMILES string of the molecule is CCN(Cc1ccccn1)c1ccc2c(c1)NC(=O)C2=O. The summed E-state index contributed by atoms with van der Waals surface area (Å²) in [5.41, 5.74) is 2.96. The van der Waals surface area contributed by atoms with Crippen molar-refractivity contribution in [3.63, 3.8) is 0 Å². The molecule has 0 radical (unpaired) electrons. The predicted molar refractivity (Wildman–Crippen MR) is 80.4 cm³/mol. The fraction of sp³-hybridized carbons (Fsp3) is 0.188. The number of hydrogen-bond acceptors (Lipinski definition) is 4. The Morgan fingerprint density at radius 1 is 1.19 bits per heavy atom. The summed E-state index contributed by atoms with van der Waals surface area (Å²) in [5.74, 6) is -1.03. The maximum atomic E-state index is 11.6. The summed E-state index contributed by atoms with van der Waals surface area (Å²) in [4.78, 5) is 29.5. The molecule has 2 aromatic rings. The fourth-order valence-electron chi connectivity index (χ4n) is 2.40. The zero-order valence-corrected chi connectivity index (χ0v) is 11.7. The number of anilines is 2. The van der Waals surface area contributed by atoms with Crippen LogP contribution in [0.2, 0.25) is 0 Å². The summed E-state index contributed by atoms with van der Waals surface area (Å²) < 4.78 is 0. The minimum absolute atomic E-state index is 0.442. The van der Waals surface area contributed by atoms with E-state index < -0.39 is 11.7 Å². The molecule has 1 amide bonds. The lowest BCUT2D eigenvalue weighted by atomic mass is 10.1. The molecule has 0 saturated carbocycles. The molecule has 2 heterocycles. The van der Waals surface area contributed by atoms with Gasteiger partial charge in [0.15, 0.2) is 0 Å². The summed E-state index contributed by atoms with van der Waals surface area (Å²) in [6, 6.07) is 11.2. The van der Waals surface area contributed by atoms with E-state index in [1.807, 2.05) is 30.3 Å². The van der Waals surface area contributed by atoms with Gasteiger partial charge in [-0.25, -0.2) is 0 Å². The van der Waals surface area contributed by atoms with E-state index in [2.05, 4.69) is 22.1 Å². The van der Waals surface area contributed by atoms with Crippen LogP contribution in [0.4, 0.5) is 11.4 Å². The third kappa shape index (κ3) is 2.50. The molecule has 0 aliphatic carbocycles. The quantitative estimate of drug-likeness (QED) is 0.873. The summed E-state index contributed by atoms with van der Waals surface area (Å²) in [6.45, 7) is 3.54. The average molecular weight is 281 g/mol. The maximum Gasteiger partial charge on any atom is 0.296 e. The number of rotatable bonds is 4. The fourth-order valence-corrected chi connectivity index (χ4v) is 2.40. The molecule has 106 valence electrons. The third-order valence-corrected chi connectivity index (χ3v) is 3.53.